The zero-order valence-electron chi connectivity index (χ0n) is 6.09. The Morgan fingerprint density at radius 1 is 1.50 bits per heavy atom. The van der Waals surface area contributed by atoms with Crippen molar-refractivity contribution in [1.29, 1.82) is 0 Å². The van der Waals surface area contributed by atoms with Crippen molar-refractivity contribution in [3.63, 3.8) is 0 Å². The van der Waals surface area contributed by atoms with E-state index < -0.39 is 0 Å². The van der Waals surface area contributed by atoms with Gasteiger partial charge in [0.15, 0.2) is 0 Å². The maximum Gasteiger partial charge on any atom is -0.00195 e. The Bertz CT molecular complexity index is 270. The lowest BCUT2D eigenvalue weighted by Crippen LogP contribution is -2.14. The van der Waals surface area contributed by atoms with Crippen molar-refractivity contribution in [3.05, 3.63) is 41.2 Å². The van der Waals surface area contributed by atoms with E-state index in [4.69, 9.17) is 0 Å². The van der Waals surface area contributed by atoms with E-state index in [9.17, 15) is 0 Å². The molecule has 0 N–H and O–H groups in total. The Hall–Kier alpha value is -1.00. The first-order valence-corrected chi connectivity index (χ1v) is 3.71. The van der Waals surface area contributed by atoms with Crippen LogP contribution in [0.15, 0.2) is 41.2 Å². The van der Waals surface area contributed by atoms with Gasteiger partial charge in [0.05, 0.1) is 0 Å². The third kappa shape index (κ3) is 0.698. The minimum atomic E-state index is 0.763. The van der Waals surface area contributed by atoms with Gasteiger partial charge in [-0.15, -0.1) is 5.73 Å². The fourth-order valence-electron chi connectivity index (χ4n) is 1.47. The second-order valence-electron chi connectivity index (χ2n) is 2.90. The SMILES string of the molecule is CC1CC2=C=CC=CC=C21. The molecule has 1 saturated carbocycles. The summed E-state index contributed by atoms with van der Waals surface area (Å²) >= 11 is 0. The molecule has 0 amide bonds. The second kappa shape index (κ2) is 2.00. The van der Waals surface area contributed by atoms with Gasteiger partial charge in [-0.1, -0.05) is 25.2 Å². The molecule has 0 aromatic carbocycles. The first-order chi connectivity index (χ1) is 4.88. The molecule has 0 aromatic rings. The second-order valence-corrected chi connectivity index (χ2v) is 2.90. The molecule has 0 nitrogen and oxygen atoms in total. The summed E-state index contributed by atoms with van der Waals surface area (Å²) in [6, 6.07) is 0. The van der Waals surface area contributed by atoms with Crippen LogP contribution in [0, 0.1) is 5.92 Å². The van der Waals surface area contributed by atoms with Crippen LogP contribution in [0.2, 0.25) is 0 Å². The first-order valence-electron chi connectivity index (χ1n) is 3.71. The molecular formula is C10H10. The Balaban J connectivity index is 2.44. The molecule has 1 fully saturated rings. The predicted octanol–water partition coefficient (Wildman–Crippen LogP) is 2.60. The smallest absolute Gasteiger partial charge is 0.00195 e. The van der Waals surface area contributed by atoms with E-state index >= 15 is 0 Å². The highest BCUT2D eigenvalue weighted by atomic mass is 14.3. The largest absolute Gasteiger partial charge is 0.117 e. The van der Waals surface area contributed by atoms with E-state index in [0.29, 0.717) is 0 Å². The van der Waals surface area contributed by atoms with Crippen LogP contribution < -0.4 is 0 Å². The Kier molecular flexibility index (Phi) is 1.15. The molecule has 10 heavy (non-hydrogen) atoms. The van der Waals surface area contributed by atoms with Gasteiger partial charge in [-0.2, -0.15) is 0 Å². The van der Waals surface area contributed by atoms with Crippen molar-refractivity contribution in [2.24, 2.45) is 5.92 Å². The average Bonchev–Trinajstić information content (AvgIpc) is 2.09. The highest BCUT2D eigenvalue weighted by Gasteiger charge is 2.24. The van der Waals surface area contributed by atoms with Crippen LogP contribution >= 0.6 is 0 Å². The molecule has 0 radical (unpaired) electrons. The molecule has 1 unspecified atom stereocenters. The lowest BCUT2D eigenvalue weighted by atomic mass is 9.76. The van der Waals surface area contributed by atoms with E-state index in [1.807, 2.05) is 12.2 Å². The van der Waals surface area contributed by atoms with Gasteiger partial charge in [-0.05, 0) is 29.6 Å². The fourth-order valence-corrected chi connectivity index (χ4v) is 1.47. The van der Waals surface area contributed by atoms with Crippen LogP contribution in [0.4, 0.5) is 0 Å². The molecule has 2 aliphatic carbocycles. The third-order valence-corrected chi connectivity index (χ3v) is 2.13. The zero-order valence-corrected chi connectivity index (χ0v) is 6.09. The molecule has 0 heteroatoms. The minimum absolute atomic E-state index is 0.763. The topological polar surface area (TPSA) is 0 Å². The number of hydrogen-bond donors (Lipinski definition) is 0. The number of fused-ring (bicyclic) bond motifs is 1. The van der Waals surface area contributed by atoms with Gasteiger partial charge in [0.1, 0.15) is 0 Å². The molecule has 0 aromatic heterocycles. The van der Waals surface area contributed by atoms with Crippen molar-refractivity contribution < 1.29 is 0 Å². The van der Waals surface area contributed by atoms with Gasteiger partial charge in [0.2, 0.25) is 0 Å². The van der Waals surface area contributed by atoms with Crippen LogP contribution in [-0.2, 0) is 0 Å². The minimum Gasteiger partial charge on any atom is -0.117 e. The highest BCUT2D eigenvalue weighted by Crippen LogP contribution is 2.38. The summed E-state index contributed by atoms with van der Waals surface area (Å²) in [5.74, 6) is 0.763. The van der Waals surface area contributed by atoms with Crippen molar-refractivity contribution in [2.45, 2.75) is 13.3 Å². The van der Waals surface area contributed by atoms with Crippen molar-refractivity contribution >= 4 is 0 Å². The van der Waals surface area contributed by atoms with E-state index in [1.54, 1.807) is 0 Å². The molecule has 0 spiro atoms. The van der Waals surface area contributed by atoms with Gasteiger partial charge in [0.25, 0.3) is 0 Å². The van der Waals surface area contributed by atoms with E-state index in [-0.39, 0.29) is 0 Å². The molecule has 2 aliphatic rings. The van der Waals surface area contributed by atoms with E-state index in [0.717, 1.165) is 5.92 Å². The summed E-state index contributed by atoms with van der Waals surface area (Å²) < 4.78 is 0. The van der Waals surface area contributed by atoms with Crippen LogP contribution in [-0.4, -0.2) is 0 Å². The molecule has 2 rings (SSSR count). The predicted molar refractivity (Wildman–Crippen MR) is 42.6 cm³/mol. The molecule has 0 bridgehead atoms. The highest BCUT2D eigenvalue weighted by molar-refractivity contribution is 5.45. The van der Waals surface area contributed by atoms with Gasteiger partial charge >= 0.3 is 0 Å². The summed E-state index contributed by atoms with van der Waals surface area (Å²) in [6.45, 7) is 2.26. The van der Waals surface area contributed by atoms with Crippen LogP contribution in [0.5, 0.6) is 0 Å². The van der Waals surface area contributed by atoms with Gasteiger partial charge in [0, 0.05) is 0 Å². The number of rotatable bonds is 0. The molecule has 50 valence electrons. The summed E-state index contributed by atoms with van der Waals surface area (Å²) in [5, 5.41) is 0. The molecule has 0 heterocycles. The van der Waals surface area contributed by atoms with Gasteiger partial charge in [-0.25, -0.2) is 0 Å². The van der Waals surface area contributed by atoms with E-state index in [1.165, 1.54) is 17.6 Å². The summed E-state index contributed by atoms with van der Waals surface area (Å²) in [4.78, 5) is 0. The third-order valence-electron chi connectivity index (χ3n) is 2.13. The molecule has 1 atom stereocenters. The number of allylic oxidation sites excluding steroid dienone is 5. The van der Waals surface area contributed by atoms with E-state index in [2.05, 4.69) is 24.8 Å². The van der Waals surface area contributed by atoms with Gasteiger partial charge in [-0.3, -0.25) is 0 Å². The monoisotopic (exact) mass is 130 g/mol. The molecule has 0 saturated heterocycles. The average molecular weight is 130 g/mol. The maximum absolute atomic E-state index is 3.25. The van der Waals surface area contributed by atoms with Crippen molar-refractivity contribution in [2.75, 3.05) is 0 Å². The fraction of sp³-hybridized carbons (Fsp3) is 0.300. The lowest BCUT2D eigenvalue weighted by Gasteiger charge is -2.27. The Labute approximate surface area is 61.3 Å². The molecular weight excluding hydrogens is 120 g/mol. The van der Waals surface area contributed by atoms with Crippen LogP contribution in [0.3, 0.4) is 0 Å². The van der Waals surface area contributed by atoms with Crippen LogP contribution in [0.1, 0.15) is 13.3 Å². The molecule has 0 aliphatic heterocycles. The first kappa shape index (κ1) is 5.76. The summed E-state index contributed by atoms with van der Waals surface area (Å²) in [7, 11) is 0. The van der Waals surface area contributed by atoms with Crippen LogP contribution in [0.25, 0.3) is 0 Å². The summed E-state index contributed by atoms with van der Waals surface area (Å²) in [5.41, 5.74) is 6.13. The van der Waals surface area contributed by atoms with Crippen molar-refractivity contribution in [3.8, 4) is 0 Å². The van der Waals surface area contributed by atoms with Crippen molar-refractivity contribution in [1.82, 2.24) is 0 Å². The number of hydrogen-bond acceptors (Lipinski definition) is 0. The Morgan fingerprint density at radius 3 is 3.20 bits per heavy atom. The maximum atomic E-state index is 3.25. The Morgan fingerprint density at radius 2 is 2.40 bits per heavy atom. The quantitative estimate of drug-likeness (QED) is 0.442. The standard InChI is InChI=1S/C10H10/c1-8-7-9-5-3-2-4-6-10(8)9/h2-4,6,8H,7H2,1H3. The summed E-state index contributed by atoms with van der Waals surface area (Å²) in [6.07, 6.45) is 9.52. The normalized spacial score (nSPS) is 27.9. The zero-order chi connectivity index (χ0) is 6.97. The lowest BCUT2D eigenvalue weighted by molar-refractivity contribution is 0.593. The van der Waals surface area contributed by atoms with Gasteiger partial charge < -0.3 is 0 Å².